The zero-order valence-electron chi connectivity index (χ0n) is 50.9. The van der Waals surface area contributed by atoms with Gasteiger partial charge in [-0.1, -0.05) is 37.8 Å². The number of benzene rings is 7. The fraction of sp³-hybridized carbons (Fsp3) is 0.0870. The first-order valence-electron chi connectivity index (χ1n) is 26.8. The molecule has 99 heavy (non-hydrogen) atoms. The molecular weight excluding hydrogens is 1600 g/mol. The molecule has 0 bridgehead atoms. The third kappa shape index (κ3) is 28.1. The van der Waals surface area contributed by atoms with Crippen LogP contribution in [0.1, 0.15) is 18.6 Å². The van der Waals surface area contributed by atoms with Crippen LogP contribution >= 0.6 is 87.4 Å². The summed E-state index contributed by atoms with van der Waals surface area (Å²) in [5, 5.41) is 34.4. The predicted octanol–water partition coefficient (Wildman–Crippen LogP) is 18.9. The Kier molecular flexibility index (Phi) is 46.1. The smallest absolute Gasteiger partial charge is 1.00 e. The summed E-state index contributed by atoms with van der Waals surface area (Å²) in [4.78, 5) is 30.2. The third-order valence-corrected chi connectivity index (χ3v) is 14.2. The number of hydrogen-bond donors (Lipinski definition) is 6. The molecule has 0 amide bonds. The van der Waals surface area contributed by atoms with E-state index in [1.807, 2.05) is 24.3 Å². The number of hydrogen-bond acceptors (Lipinski definition) is 13. The number of nitrogens with two attached hydrogens (primary N) is 3. The van der Waals surface area contributed by atoms with Crippen LogP contribution in [0.2, 0.25) is 0 Å². The summed E-state index contributed by atoms with van der Waals surface area (Å²) in [7, 11) is 0. The summed E-state index contributed by atoms with van der Waals surface area (Å²) in [6.07, 6.45) is 8.82. The first-order chi connectivity index (χ1) is 44.8. The zero-order valence-corrected chi connectivity index (χ0v) is 61.0. The van der Waals surface area contributed by atoms with E-state index in [1.165, 1.54) is 36.4 Å². The Morgan fingerprint density at radius 2 is 0.818 bits per heavy atom. The molecule has 13 aromatic rings. The zero-order chi connectivity index (χ0) is 68.0. The van der Waals surface area contributed by atoms with E-state index >= 15 is 0 Å². The molecule has 6 heterocycles. The molecule has 1 atom stereocenters. The maximum atomic E-state index is 13.5. The van der Waals surface area contributed by atoms with Gasteiger partial charge in [0, 0.05) is 106 Å². The molecule has 0 aliphatic rings. The van der Waals surface area contributed by atoms with Gasteiger partial charge in [0.15, 0.2) is 0 Å². The number of aliphatic hydroxyl groups is 3. The minimum Gasteiger partial charge on any atom is -3.00 e. The largest absolute Gasteiger partial charge is 3.00 e. The van der Waals surface area contributed by atoms with E-state index in [2.05, 4.69) is 87.4 Å². The van der Waals surface area contributed by atoms with E-state index in [0.717, 1.165) is 16.2 Å². The van der Waals surface area contributed by atoms with Crippen molar-refractivity contribution in [1.29, 1.82) is 5.26 Å². The van der Waals surface area contributed by atoms with Gasteiger partial charge in [0.25, 0.3) is 0 Å². The molecule has 7 aromatic carbocycles. The van der Waals surface area contributed by atoms with Gasteiger partial charge in [-0.2, -0.15) is 9.90 Å². The quantitative estimate of drug-likeness (QED) is 0.0316. The molecule has 9 N–H and O–H groups in total. The van der Waals surface area contributed by atoms with Gasteiger partial charge in [-0.15, -0.1) is 0 Å². The average molecular weight is 1670 g/mol. The molecule has 6 aromatic heterocycles. The number of pyridine rings is 6. The SMILES string of the molecule is C.Fc1c(Br)ccc2ncccc12.Fc1cc2ncccc2cc1Br.NCc1cc2cccnc2cc1F.NCc1ccc2ncccc2c1F.Nc1ccc(Br)c(F)c1.OCC(O)CO.P.[C-]#N.[C-]#[N+]c1cc2cccnc2cc1F.[C-]#[N+]c1ccc2ncccc2c1F.[Cu+].[P-3].[PH-2].[PH2-]. The van der Waals surface area contributed by atoms with Gasteiger partial charge in [0.2, 0.25) is 11.4 Å². The van der Waals surface area contributed by atoms with Gasteiger partial charge in [-0.05, 0) is 175 Å². The van der Waals surface area contributed by atoms with Crippen molar-refractivity contribution in [2.75, 3.05) is 18.9 Å². The van der Waals surface area contributed by atoms with Crippen molar-refractivity contribution in [3.63, 3.8) is 0 Å². The van der Waals surface area contributed by atoms with Crippen molar-refractivity contribution in [1.82, 2.24) is 29.9 Å². The van der Waals surface area contributed by atoms with E-state index in [-0.39, 0.29) is 131 Å². The molecule has 0 saturated heterocycles. The molecule has 0 saturated carbocycles. The molecule has 15 nitrogen and oxygen atoms in total. The Morgan fingerprint density at radius 1 is 0.444 bits per heavy atom. The van der Waals surface area contributed by atoms with Crippen LogP contribution in [0.4, 0.5) is 47.8 Å². The van der Waals surface area contributed by atoms with Crippen LogP contribution in [-0.2, 0) is 30.2 Å². The van der Waals surface area contributed by atoms with Gasteiger partial charge < -0.3 is 74.1 Å². The fourth-order valence-electron chi connectivity index (χ4n) is 7.70. The molecule has 0 fully saturated rings. The van der Waals surface area contributed by atoms with Crippen LogP contribution in [0, 0.1) is 65.7 Å². The second-order valence-corrected chi connectivity index (χ2v) is 21.0. The number of nitrogens with zero attached hydrogens (tertiary/aromatic N) is 9. The standard InChI is InChI=1S/2C10H5FN2.2C10H9FN2.2C9H5BrFN.C6H5BrFN.C3H8O3.CN.CH4.Cu.H3P.H2P.HP.P/c1-12-9-5-4-8-7(10(9)11)3-2-6-13-8;1-12-10-5-7-3-2-4-13-9(7)6-8(10)11;11-10-7(6-12)3-4-9-8(10)2-1-5-13-9;11-9-5-10-7(2-1-3-13-10)4-8(9)6-12;10-7-3-4-8-6(9(7)11)2-1-5-12-8;10-7-4-6-2-1-3-12-9(6)5-8(7)11;7-5-2-1-4(9)3-6(5)8;4-1-3(6)2-5;1-2;;;;;;/h2*2-6H;2*1-5H,6,12H2;2*1-5H;1-3H,9H2;3-6H,1-2H2;;1H4;;1H3;1H2;1H;/q;;;;;;;;-1;;+1;;-1;-2;-3. The number of halogens is 10. The molecule has 0 radical (unpaired) electrons. The van der Waals surface area contributed by atoms with Gasteiger partial charge in [-0.3, -0.25) is 29.9 Å². The topological polar surface area (TPSA) is 249 Å². The van der Waals surface area contributed by atoms with E-state index in [0.29, 0.717) is 79.5 Å². The predicted molar refractivity (Wildman–Crippen MR) is 400 cm³/mol. The van der Waals surface area contributed by atoms with Gasteiger partial charge in [0.1, 0.15) is 46.8 Å². The number of aromatic nitrogens is 6. The van der Waals surface area contributed by atoms with Crippen molar-refractivity contribution in [2.45, 2.75) is 26.6 Å². The van der Waals surface area contributed by atoms with Crippen molar-refractivity contribution in [2.24, 2.45) is 11.5 Å². The average Bonchev–Trinajstić information content (AvgIpc) is 0.830. The van der Waals surface area contributed by atoms with Crippen LogP contribution in [0.3, 0.4) is 0 Å². The summed E-state index contributed by atoms with van der Waals surface area (Å²) < 4.78 is 93.3. The molecule has 1 unspecified atom stereocenters. The Hall–Kier alpha value is -7.74. The number of fused-ring (bicyclic) bond motifs is 6. The first-order valence-corrected chi connectivity index (χ1v) is 29.2. The monoisotopic (exact) mass is 1660 g/mol. The third-order valence-electron chi connectivity index (χ3n) is 12.3. The fourth-order valence-corrected chi connectivity index (χ4v) is 8.66. The van der Waals surface area contributed by atoms with Crippen LogP contribution in [0.15, 0.2) is 214 Å². The van der Waals surface area contributed by atoms with E-state index in [9.17, 15) is 30.7 Å². The maximum absolute atomic E-state index is 13.5. The van der Waals surface area contributed by atoms with Crippen LogP contribution in [0.25, 0.3) is 75.1 Å². The normalized spacial score (nSPS) is 9.41. The number of aliphatic hydroxyl groups excluding tert-OH is 3. The molecule has 0 spiro atoms. The van der Waals surface area contributed by atoms with Crippen LogP contribution < -0.4 is 17.2 Å². The van der Waals surface area contributed by atoms with Crippen molar-refractivity contribution < 1.29 is 63.1 Å². The Balaban J connectivity index is 0. The minimum atomic E-state index is -0.954. The minimum absolute atomic E-state index is 0. The Morgan fingerprint density at radius 3 is 1.25 bits per heavy atom. The first kappa shape index (κ1) is 93.3. The second-order valence-electron chi connectivity index (χ2n) is 18.4. The van der Waals surface area contributed by atoms with E-state index < -0.39 is 17.7 Å². The van der Waals surface area contributed by atoms with E-state index in [4.69, 9.17) is 57.5 Å². The molecule has 522 valence electrons. The molecular formula is C69H61Br3CuF7N12O3P4-6. The number of nitrogen functional groups attached to an aromatic ring is 1. The summed E-state index contributed by atoms with van der Waals surface area (Å²) in [6.45, 7) is 17.9. The summed E-state index contributed by atoms with van der Waals surface area (Å²) >= 11 is 9.23. The molecule has 30 heteroatoms. The summed E-state index contributed by atoms with van der Waals surface area (Å²) in [5.41, 5.74) is 21.4. The maximum Gasteiger partial charge on any atom is 1.00 e. The van der Waals surface area contributed by atoms with Crippen molar-refractivity contribution in [3.8, 4) is 0 Å². The Labute approximate surface area is 616 Å². The van der Waals surface area contributed by atoms with Crippen LogP contribution in [0.5, 0.6) is 0 Å². The van der Waals surface area contributed by atoms with Crippen LogP contribution in [-0.4, -0.2) is 64.5 Å². The van der Waals surface area contributed by atoms with Crippen molar-refractivity contribution in [3.05, 3.63) is 296 Å². The van der Waals surface area contributed by atoms with Gasteiger partial charge in [-0.25, -0.2) is 40.4 Å². The van der Waals surface area contributed by atoms with Gasteiger partial charge in [0.05, 0.1) is 72.9 Å². The van der Waals surface area contributed by atoms with Gasteiger partial charge >= 0.3 is 17.1 Å². The Bertz CT molecular complexity index is 4680. The second kappa shape index (κ2) is 48.9. The summed E-state index contributed by atoms with van der Waals surface area (Å²) in [5.74, 6) is -2.39. The van der Waals surface area contributed by atoms with Crippen molar-refractivity contribution >= 4 is 170 Å². The molecule has 0 aliphatic heterocycles. The number of anilines is 1. The summed E-state index contributed by atoms with van der Waals surface area (Å²) in [6, 6.07) is 44.6. The number of rotatable bonds is 4. The van der Waals surface area contributed by atoms with E-state index in [1.54, 1.807) is 140 Å². The molecule has 13 rings (SSSR count). The molecule has 0 aliphatic carbocycles.